The molecule has 0 aliphatic rings. The number of esters is 1. The Morgan fingerprint density at radius 3 is 2.50 bits per heavy atom. The monoisotopic (exact) mass is 242 g/mol. The molecule has 0 bridgehead atoms. The molecule has 18 heavy (non-hydrogen) atoms. The van der Waals surface area contributed by atoms with Crippen molar-refractivity contribution in [3.8, 4) is 11.8 Å². The van der Waals surface area contributed by atoms with Gasteiger partial charge in [-0.3, -0.25) is 4.79 Å². The Morgan fingerprint density at radius 2 is 1.94 bits per heavy atom. The van der Waals surface area contributed by atoms with Crippen molar-refractivity contribution in [1.29, 1.82) is 0 Å². The van der Waals surface area contributed by atoms with Gasteiger partial charge in [-0.05, 0) is 26.0 Å². The van der Waals surface area contributed by atoms with E-state index < -0.39 is 5.97 Å². The number of Topliss-reactive ketones (excluding diaryl/α,β-unsaturated/α-hetero) is 1. The van der Waals surface area contributed by atoms with E-state index in [0.717, 1.165) is 5.56 Å². The summed E-state index contributed by atoms with van der Waals surface area (Å²) in [4.78, 5) is 22.7. The molecule has 3 nitrogen and oxygen atoms in total. The number of ether oxygens (including phenoxy) is 1. The molecule has 0 spiro atoms. The van der Waals surface area contributed by atoms with Crippen molar-refractivity contribution in [2.45, 2.75) is 13.8 Å². The van der Waals surface area contributed by atoms with Crippen LogP contribution in [-0.4, -0.2) is 18.4 Å². The van der Waals surface area contributed by atoms with Crippen molar-refractivity contribution in [2.75, 3.05) is 6.61 Å². The lowest BCUT2D eigenvalue weighted by atomic mass is 10.1. The van der Waals surface area contributed by atoms with E-state index in [-0.39, 0.29) is 18.0 Å². The molecular formula is C15H14O3. The highest BCUT2D eigenvalue weighted by atomic mass is 16.5. The summed E-state index contributed by atoms with van der Waals surface area (Å²) in [5, 5.41) is 0. The van der Waals surface area contributed by atoms with Gasteiger partial charge in [0.2, 0.25) is 0 Å². The van der Waals surface area contributed by atoms with Crippen molar-refractivity contribution < 1.29 is 14.3 Å². The summed E-state index contributed by atoms with van der Waals surface area (Å²) >= 11 is 0. The molecule has 1 rings (SSSR count). The van der Waals surface area contributed by atoms with Gasteiger partial charge in [0.1, 0.15) is 5.57 Å². The van der Waals surface area contributed by atoms with Crippen molar-refractivity contribution >= 4 is 11.8 Å². The van der Waals surface area contributed by atoms with E-state index in [4.69, 9.17) is 4.74 Å². The molecule has 0 aliphatic carbocycles. The fourth-order valence-electron chi connectivity index (χ4n) is 1.23. The van der Waals surface area contributed by atoms with Gasteiger partial charge in [-0.1, -0.05) is 30.0 Å². The van der Waals surface area contributed by atoms with Gasteiger partial charge in [0.15, 0.2) is 5.78 Å². The lowest BCUT2D eigenvalue weighted by Crippen LogP contribution is -2.13. The second-order valence-electron chi connectivity index (χ2n) is 3.47. The summed E-state index contributed by atoms with van der Waals surface area (Å²) < 4.78 is 4.77. The zero-order chi connectivity index (χ0) is 13.4. The van der Waals surface area contributed by atoms with E-state index in [1.165, 1.54) is 13.0 Å². The van der Waals surface area contributed by atoms with Crippen molar-refractivity contribution in [1.82, 2.24) is 0 Å². The standard InChI is InChI=1S/C15H14O3/c1-3-18-15(17)14(12(2)16)11-7-10-13-8-5-4-6-9-13/h4-6,8-9,11H,3H2,1-2H3/b14-11-. The molecule has 0 radical (unpaired) electrons. The number of ketones is 1. The minimum atomic E-state index is -0.632. The van der Waals surface area contributed by atoms with Gasteiger partial charge in [0.25, 0.3) is 0 Å². The van der Waals surface area contributed by atoms with Crippen LogP contribution in [0.25, 0.3) is 0 Å². The van der Waals surface area contributed by atoms with E-state index in [1.807, 2.05) is 30.3 Å². The lowest BCUT2D eigenvalue weighted by Gasteiger charge is -2.00. The molecule has 0 heterocycles. The summed E-state index contributed by atoms with van der Waals surface area (Å²) in [7, 11) is 0. The number of allylic oxidation sites excluding steroid dienone is 1. The minimum Gasteiger partial charge on any atom is -0.462 e. The van der Waals surface area contributed by atoms with E-state index >= 15 is 0 Å². The maximum atomic E-state index is 11.4. The Morgan fingerprint density at radius 1 is 1.28 bits per heavy atom. The highest BCUT2D eigenvalue weighted by molar-refractivity contribution is 6.16. The van der Waals surface area contributed by atoms with Gasteiger partial charge in [0.05, 0.1) is 6.61 Å². The fourth-order valence-corrected chi connectivity index (χ4v) is 1.23. The summed E-state index contributed by atoms with van der Waals surface area (Å²) in [6, 6.07) is 9.31. The molecular weight excluding hydrogens is 228 g/mol. The topological polar surface area (TPSA) is 43.4 Å². The second-order valence-corrected chi connectivity index (χ2v) is 3.47. The van der Waals surface area contributed by atoms with Gasteiger partial charge in [-0.15, -0.1) is 0 Å². The normalized spacial score (nSPS) is 10.2. The zero-order valence-electron chi connectivity index (χ0n) is 10.4. The molecule has 0 unspecified atom stereocenters. The van der Waals surface area contributed by atoms with Gasteiger partial charge >= 0.3 is 5.97 Å². The third-order valence-corrected chi connectivity index (χ3v) is 2.08. The van der Waals surface area contributed by atoms with Crippen molar-refractivity contribution in [3.63, 3.8) is 0 Å². The lowest BCUT2D eigenvalue weighted by molar-refractivity contribution is -0.139. The Bertz CT molecular complexity index is 516. The van der Waals surface area contributed by atoms with Crippen LogP contribution in [-0.2, 0) is 14.3 Å². The van der Waals surface area contributed by atoms with Crippen LogP contribution in [0.1, 0.15) is 19.4 Å². The van der Waals surface area contributed by atoms with Crippen LogP contribution in [0.5, 0.6) is 0 Å². The number of carbonyl (C=O) groups excluding carboxylic acids is 2. The van der Waals surface area contributed by atoms with Crippen molar-refractivity contribution in [3.05, 3.63) is 47.5 Å². The predicted molar refractivity (Wildman–Crippen MR) is 68.7 cm³/mol. The van der Waals surface area contributed by atoms with Gasteiger partial charge < -0.3 is 4.74 Å². The third kappa shape index (κ3) is 4.26. The Hall–Kier alpha value is -2.34. The highest BCUT2D eigenvalue weighted by Crippen LogP contribution is 2.00. The minimum absolute atomic E-state index is 0.0275. The highest BCUT2D eigenvalue weighted by Gasteiger charge is 2.14. The van der Waals surface area contributed by atoms with E-state index in [1.54, 1.807) is 6.92 Å². The molecule has 0 N–H and O–H groups in total. The van der Waals surface area contributed by atoms with E-state index in [9.17, 15) is 9.59 Å². The molecule has 0 saturated carbocycles. The van der Waals surface area contributed by atoms with Crippen LogP contribution in [0.4, 0.5) is 0 Å². The Kier molecular flexibility index (Phi) is 5.40. The molecule has 0 fully saturated rings. The van der Waals surface area contributed by atoms with Crippen LogP contribution < -0.4 is 0 Å². The maximum absolute atomic E-state index is 11.4. The zero-order valence-corrected chi connectivity index (χ0v) is 10.4. The smallest absolute Gasteiger partial charge is 0.342 e. The van der Waals surface area contributed by atoms with Gasteiger partial charge in [-0.2, -0.15) is 0 Å². The first-order valence-electron chi connectivity index (χ1n) is 5.60. The van der Waals surface area contributed by atoms with Crippen LogP contribution in [0.3, 0.4) is 0 Å². The molecule has 3 heteroatoms. The van der Waals surface area contributed by atoms with Crippen LogP contribution >= 0.6 is 0 Å². The maximum Gasteiger partial charge on any atom is 0.342 e. The van der Waals surface area contributed by atoms with Crippen molar-refractivity contribution in [2.24, 2.45) is 0 Å². The summed E-state index contributed by atoms with van der Waals surface area (Å²) in [5.41, 5.74) is 0.792. The average Bonchev–Trinajstić information content (AvgIpc) is 2.35. The van der Waals surface area contributed by atoms with E-state index in [2.05, 4.69) is 11.8 Å². The Balaban J connectivity index is 2.89. The molecule has 0 atom stereocenters. The van der Waals surface area contributed by atoms with Crippen LogP contribution in [0, 0.1) is 11.8 Å². The number of hydrogen-bond donors (Lipinski definition) is 0. The quantitative estimate of drug-likeness (QED) is 0.268. The SMILES string of the molecule is CCOC(=O)/C(=C\C#Cc1ccccc1)C(C)=O. The summed E-state index contributed by atoms with van der Waals surface area (Å²) in [6.07, 6.45) is 1.30. The molecule has 0 aromatic heterocycles. The van der Waals surface area contributed by atoms with Crippen LogP contribution in [0.2, 0.25) is 0 Å². The average molecular weight is 242 g/mol. The number of rotatable bonds is 3. The summed E-state index contributed by atoms with van der Waals surface area (Å²) in [5.74, 6) is 4.55. The Labute approximate surface area is 106 Å². The first-order valence-corrected chi connectivity index (χ1v) is 5.60. The molecule has 1 aromatic rings. The number of benzene rings is 1. The third-order valence-electron chi connectivity index (χ3n) is 2.08. The number of carbonyl (C=O) groups is 2. The van der Waals surface area contributed by atoms with Crippen LogP contribution in [0.15, 0.2) is 42.0 Å². The second kappa shape index (κ2) is 7.08. The predicted octanol–water partition coefficient (Wildman–Crippen LogP) is 2.12. The molecule has 0 saturated heterocycles. The molecule has 0 amide bonds. The first kappa shape index (κ1) is 13.7. The fraction of sp³-hybridized carbons (Fsp3) is 0.200. The number of hydrogen-bond acceptors (Lipinski definition) is 3. The molecule has 92 valence electrons. The molecule has 1 aromatic carbocycles. The van der Waals surface area contributed by atoms with Gasteiger partial charge in [-0.25, -0.2) is 4.79 Å². The van der Waals surface area contributed by atoms with E-state index in [0.29, 0.717) is 0 Å². The van der Waals surface area contributed by atoms with Gasteiger partial charge in [0, 0.05) is 11.6 Å². The largest absolute Gasteiger partial charge is 0.462 e. The summed E-state index contributed by atoms with van der Waals surface area (Å²) in [6.45, 7) is 3.23. The first-order chi connectivity index (χ1) is 8.65. The molecule has 0 aliphatic heterocycles.